The van der Waals surface area contributed by atoms with Crippen molar-refractivity contribution in [2.24, 2.45) is 5.84 Å². The third-order valence-electron chi connectivity index (χ3n) is 2.74. The second-order valence-electron chi connectivity index (χ2n) is 3.90. The van der Waals surface area contributed by atoms with Gasteiger partial charge in [0.15, 0.2) is 0 Å². The Labute approximate surface area is 116 Å². The van der Waals surface area contributed by atoms with E-state index in [0.717, 1.165) is 11.1 Å². The lowest BCUT2D eigenvalue weighted by Gasteiger charge is -2.10. The molecule has 5 heteroatoms. The van der Waals surface area contributed by atoms with E-state index < -0.39 is 5.91 Å². The maximum absolute atomic E-state index is 11.6. The molecule has 2 rings (SSSR count). The number of ether oxygens (including phenoxy) is 1. The lowest BCUT2D eigenvalue weighted by molar-refractivity contribution is 0.0950. The highest BCUT2D eigenvalue weighted by molar-refractivity contribution is 6.30. The molecule has 4 nitrogen and oxygen atoms in total. The number of methoxy groups -OCH3 is 1. The second-order valence-corrected chi connectivity index (χ2v) is 4.34. The highest BCUT2D eigenvalue weighted by atomic mass is 35.5. The molecule has 98 valence electrons. The number of amides is 1. The Balaban J connectivity index is 2.47. The number of rotatable bonds is 3. The van der Waals surface area contributed by atoms with Crippen molar-refractivity contribution < 1.29 is 9.53 Å². The monoisotopic (exact) mass is 276 g/mol. The number of hydrogen-bond donors (Lipinski definition) is 2. The van der Waals surface area contributed by atoms with Gasteiger partial charge in [-0.3, -0.25) is 10.2 Å². The summed E-state index contributed by atoms with van der Waals surface area (Å²) in [7, 11) is 1.50. The average molecular weight is 277 g/mol. The highest BCUT2D eigenvalue weighted by Gasteiger charge is 2.12. The summed E-state index contributed by atoms with van der Waals surface area (Å²) < 4.78 is 5.21. The van der Waals surface area contributed by atoms with Crippen LogP contribution in [0.15, 0.2) is 42.5 Å². The van der Waals surface area contributed by atoms with Gasteiger partial charge in [0, 0.05) is 5.02 Å². The van der Waals surface area contributed by atoms with Crippen LogP contribution >= 0.6 is 11.6 Å². The van der Waals surface area contributed by atoms with E-state index in [1.807, 2.05) is 24.3 Å². The minimum absolute atomic E-state index is 0.385. The van der Waals surface area contributed by atoms with E-state index in [2.05, 4.69) is 5.43 Å². The summed E-state index contributed by atoms with van der Waals surface area (Å²) in [6.07, 6.45) is 0. The molecule has 19 heavy (non-hydrogen) atoms. The van der Waals surface area contributed by atoms with Crippen molar-refractivity contribution in [2.45, 2.75) is 0 Å². The van der Waals surface area contributed by atoms with Crippen molar-refractivity contribution in [1.82, 2.24) is 5.43 Å². The molecule has 0 fully saturated rings. The standard InChI is InChI=1S/C14H13ClN2O2/c1-19-13-8-10(5-6-12(13)14(18)17-16)9-3-2-4-11(15)7-9/h2-8H,16H2,1H3,(H,17,18). The average Bonchev–Trinajstić information content (AvgIpc) is 2.45. The number of nitrogen functional groups attached to an aromatic ring is 1. The largest absolute Gasteiger partial charge is 0.496 e. The quantitative estimate of drug-likeness (QED) is 0.514. The Bertz CT molecular complexity index is 614. The summed E-state index contributed by atoms with van der Waals surface area (Å²) >= 11 is 5.96. The van der Waals surface area contributed by atoms with Crippen LogP contribution < -0.4 is 16.0 Å². The van der Waals surface area contributed by atoms with Crippen LogP contribution in [0.25, 0.3) is 11.1 Å². The van der Waals surface area contributed by atoms with E-state index in [0.29, 0.717) is 16.3 Å². The fourth-order valence-corrected chi connectivity index (χ4v) is 1.99. The van der Waals surface area contributed by atoms with Gasteiger partial charge >= 0.3 is 0 Å². The van der Waals surface area contributed by atoms with Gasteiger partial charge in [-0.1, -0.05) is 29.8 Å². The minimum Gasteiger partial charge on any atom is -0.496 e. The molecular weight excluding hydrogens is 264 g/mol. The molecule has 3 N–H and O–H groups in total. The third-order valence-corrected chi connectivity index (χ3v) is 2.97. The van der Waals surface area contributed by atoms with Gasteiger partial charge in [0.2, 0.25) is 0 Å². The first-order chi connectivity index (χ1) is 9.15. The van der Waals surface area contributed by atoms with Crippen LogP contribution in [0.4, 0.5) is 0 Å². The van der Waals surface area contributed by atoms with E-state index in [1.54, 1.807) is 18.2 Å². The van der Waals surface area contributed by atoms with Crippen molar-refractivity contribution in [1.29, 1.82) is 0 Å². The van der Waals surface area contributed by atoms with Gasteiger partial charge in [0.1, 0.15) is 5.75 Å². The lowest BCUT2D eigenvalue weighted by atomic mass is 10.0. The van der Waals surface area contributed by atoms with Crippen LogP contribution in [0.5, 0.6) is 5.75 Å². The van der Waals surface area contributed by atoms with Crippen molar-refractivity contribution in [3.8, 4) is 16.9 Å². The third kappa shape index (κ3) is 2.86. The van der Waals surface area contributed by atoms with Crippen molar-refractivity contribution in [3.05, 3.63) is 53.1 Å². The first kappa shape index (κ1) is 13.4. The molecule has 2 aromatic rings. The number of nitrogens with two attached hydrogens (primary N) is 1. The molecule has 0 atom stereocenters. The fraction of sp³-hybridized carbons (Fsp3) is 0.0714. The second kappa shape index (κ2) is 5.73. The zero-order chi connectivity index (χ0) is 13.8. The van der Waals surface area contributed by atoms with Crippen molar-refractivity contribution >= 4 is 17.5 Å². The van der Waals surface area contributed by atoms with Crippen LogP contribution in [-0.2, 0) is 0 Å². The maximum atomic E-state index is 11.6. The molecule has 0 saturated heterocycles. The zero-order valence-corrected chi connectivity index (χ0v) is 11.1. The number of nitrogens with one attached hydrogen (secondary N) is 1. The summed E-state index contributed by atoms with van der Waals surface area (Å²) in [6, 6.07) is 12.7. The van der Waals surface area contributed by atoms with Crippen molar-refractivity contribution in [3.63, 3.8) is 0 Å². The maximum Gasteiger partial charge on any atom is 0.268 e. The highest BCUT2D eigenvalue weighted by Crippen LogP contribution is 2.28. The normalized spacial score (nSPS) is 10.1. The lowest BCUT2D eigenvalue weighted by Crippen LogP contribution is -2.30. The van der Waals surface area contributed by atoms with Crippen LogP contribution in [0.1, 0.15) is 10.4 Å². The molecule has 0 aromatic heterocycles. The fourth-order valence-electron chi connectivity index (χ4n) is 1.80. The summed E-state index contributed by atoms with van der Waals surface area (Å²) in [6.45, 7) is 0. The number of carbonyl (C=O) groups excluding carboxylic acids is 1. The van der Waals surface area contributed by atoms with E-state index >= 15 is 0 Å². The Morgan fingerprint density at radius 2 is 1.95 bits per heavy atom. The number of benzene rings is 2. The number of hydrazine groups is 1. The molecule has 0 aliphatic carbocycles. The summed E-state index contributed by atoms with van der Waals surface area (Å²) in [4.78, 5) is 11.6. The van der Waals surface area contributed by atoms with E-state index in [9.17, 15) is 4.79 Å². The minimum atomic E-state index is -0.394. The van der Waals surface area contributed by atoms with Gasteiger partial charge in [-0.15, -0.1) is 0 Å². The van der Waals surface area contributed by atoms with E-state index in [1.165, 1.54) is 7.11 Å². The molecule has 1 amide bonds. The van der Waals surface area contributed by atoms with Gasteiger partial charge in [0.05, 0.1) is 12.7 Å². The summed E-state index contributed by atoms with van der Waals surface area (Å²) in [5.74, 6) is 5.19. The van der Waals surface area contributed by atoms with Crippen LogP contribution in [-0.4, -0.2) is 13.0 Å². The molecule has 0 aliphatic rings. The van der Waals surface area contributed by atoms with Gasteiger partial charge in [-0.05, 0) is 35.4 Å². The number of hydrogen-bond acceptors (Lipinski definition) is 3. The summed E-state index contributed by atoms with van der Waals surface area (Å²) in [5, 5.41) is 0.653. The molecule has 0 saturated carbocycles. The number of carbonyl (C=O) groups is 1. The Hall–Kier alpha value is -2.04. The molecule has 0 heterocycles. The first-order valence-electron chi connectivity index (χ1n) is 5.60. The Morgan fingerprint density at radius 3 is 2.58 bits per heavy atom. The van der Waals surface area contributed by atoms with Gasteiger partial charge in [0.25, 0.3) is 5.91 Å². The molecule has 0 spiro atoms. The molecule has 2 aromatic carbocycles. The molecule has 0 radical (unpaired) electrons. The van der Waals surface area contributed by atoms with E-state index in [4.69, 9.17) is 22.2 Å². The van der Waals surface area contributed by atoms with Gasteiger partial charge in [-0.25, -0.2) is 5.84 Å². The van der Waals surface area contributed by atoms with E-state index in [-0.39, 0.29) is 0 Å². The molecule has 0 unspecified atom stereocenters. The van der Waals surface area contributed by atoms with Gasteiger partial charge in [-0.2, -0.15) is 0 Å². The first-order valence-corrected chi connectivity index (χ1v) is 5.98. The molecule has 0 aliphatic heterocycles. The summed E-state index contributed by atoms with van der Waals surface area (Å²) in [5.41, 5.74) is 4.33. The smallest absolute Gasteiger partial charge is 0.268 e. The molecule has 0 bridgehead atoms. The van der Waals surface area contributed by atoms with Crippen LogP contribution in [0, 0.1) is 0 Å². The predicted molar refractivity (Wildman–Crippen MR) is 75.1 cm³/mol. The van der Waals surface area contributed by atoms with Crippen molar-refractivity contribution in [2.75, 3.05) is 7.11 Å². The van der Waals surface area contributed by atoms with Crippen LogP contribution in [0.2, 0.25) is 5.02 Å². The number of halogens is 1. The van der Waals surface area contributed by atoms with Crippen LogP contribution in [0.3, 0.4) is 0 Å². The van der Waals surface area contributed by atoms with Gasteiger partial charge < -0.3 is 4.74 Å². The zero-order valence-electron chi connectivity index (χ0n) is 10.3. The topological polar surface area (TPSA) is 64.3 Å². The molecular formula is C14H13ClN2O2. The Kier molecular flexibility index (Phi) is 4.04. The predicted octanol–water partition coefficient (Wildman–Crippen LogP) is 2.62. The Morgan fingerprint density at radius 1 is 1.21 bits per heavy atom. The SMILES string of the molecule is COc1cc(-c2cccc(Cl)c2)ccc1C(=O)NN.